The maximum Gasteiger partial charge on any atom is 0.109 e. The van der Waals surface area contributed by atoms with Crippen LogP contribution in [0.1, 0.15) is 136 Å². The van der Waals surface area contributed by atoms with Gasteiger partial charge < -0.3 is 10.5 Å². The lowest BCUT2D eigenvalue weighted by molar-refractivity contribution is 0.0169. The van der Waals surface area contributed by atoms with Gasteiger partial charge in [0.15, 0.2) is 0 Å². The minimum absolute atomic E-state index is 0.0562. The molecule has 3 nitrogen and oxygen atoms in total. The van der Waals surface area contributed by atoms with Crippen LogP contribution in [-0.4, -0.2) is 19.0 Å². The predicted molar refractivity (Wildman–Crippen MR) is 121 cm³/mol. The summed E-state index contributed by atoms with van der Waals surface area (Å²) in [4.78, 5) is 0. The number of unbranched alkanes of at least 4 members (excludes halogenated alkanes) is 15. The summed E-state index contributed by atoms with van der Waals surface area (Å²) in [5, 5.41) is 3.33. The maximum absolute atomic E-state index is 5.92. The van der Waals surface area contributed by atoms with E-state index in [1.807, 2.05) is 0 Å². The first-order chi connectivity index (χ1) is 13.2. The van der Waals surface area contributed by atoms with Gasteiger partial charge >= 0.3 is 0 Å². The first-order valence-electron chi connectivity index (χ1n) is 12.4. The highest BCUT2D eigenvalue weighted by molar-refractivity contribution is 4.60. The summed E-state index contributed by atoms with van der Waals surface area (Å²) in [5.41, 5.74) is 5.92. The van der Waals surface area contributed by atoms with E-state index >= 15 is 0 Å². The molecule has 0 saturated heterocycles. The van der Waals surface area contributed by atoms with E-state index in [-0.39, 0.29) is 12.4 Å². The first kappa shape index (κ1) is 26.9. The van der Waals surface area contributed by atoms with Crippen LogP contribution in [0.5, 0.6) is 0 Å². The molecule has 3 heteroatoms. The van der Waals surface area contributed by atoms with E-state index in [0.717, 1.165) is 19.4 Å². The van der Waals surface area contributed by atoms with Gasteiger partial charge in [0, 0.05) is 6.61 Å². The zero-order valence-electron chi connectivity index (χ0n) is 19.1. The Kier molecular flexibility index (Phi) is 22.1. The van der Waals surface area contributed by atoms with E-state index in [9.17, 15) is 0 Å². The van der Waals surface area contributed by atoms with Gasteiger partial charge in [-0.05, 0) is 19.3 Å². The molecule has 0 radical (unpaired) electrons. The molecule has 0 rings (SSSR count). The summed E-state index contributed by atoms with van der Waals surface area (Å²) in [6, 6.07) is 0. The molecule has 2 unspecified atom stereocenters. The van der Waals surface area contributed by atoms with Crippen molar-refractivity contribution in [1.29, 1.82) is 0 Å². The molecule has 0 bridgehead atoms. The Hall–Kier alpha value is -0.120. The van der Waals surface area contributed by atoms with Crippen LogP contribution >= 0.6 is 0 Å². The first-order valence-corrected chi connectivity index (χ1v) is 12.4. The van der Waals surface area contributed by atoms with Gasteiger partial charge in [0.05, 0.1) is 6.17 Å². The molecule has 0 aliphatic heterocycles. The van der Waals surface area contributed by atoms with Crippen LogP contribution in [0.15, 0.2) is 0 Å². The summed E-state index contributed by atoms with van der Waals surface area (Å²) < 4.78 is 5.89. The van der Waals surface area contributed by atoms with Gasteiger partial charge in [0.1, 0.15) is 6.23 Å². The van der Waals surface area contributed by atoms with E-state index in [1.165, 1.54) is 103 Å². The third-order valence-electron chi connectivity index (χ3n) is 5.53. The molecule has 0 aromatic rings. The maximum atomic E-state index is 5.92. The van der Waals surface area contributed by atoms with Crippen molar-refractivity contribution in [2.45, 2.75) is 149 Å². The van der Waals surface area contributed by atoms with Crippen LogP contribution in [-0.2, 0) is 4.74 Å². The van der Waals surface area contributed by atoms with Crippen molar-refractivity contribution in [1.82, 2.24) is 5.32 Å². The van der Waals surface area contributed by atoms with E-state index in [0.29, 0.717) is 0 Å². The number of ether oxygens (including phenoxy) is 1. The van der Waals surface area contributed by atoms with Crippen LogP contribution in [0.3, 0.4) is 0 Å². The van der Waals surface area contributed by atoms with Crippen LogP contribution < -0.4 is 11.1 Å². The Morgan fingerprint density at radius 3 is 1.37 bits per heavy atom. The van der Waals surface area contributed by atoms with Gasteiger partial charge in [-0.3, -0.25) is 5.32 Å². The second-order valence-corrected chi connectivity index (χ2v) is 8.25. The Morgan fingerprint density at radius 1 is 0.593 bits per heavy atom. The van der Waals surface area contributed by atoms with Crippen molar-refractivity contribution in [2.24, 2.45) is 5.73 Å². The lowest BCUT2D eigenvalue weighted by Gasteiger charge is -2.21. The minimum atomic E-state index is 0.0562. The van der Waals surface area contributed by atoms with Crippen LogP contribution in [0.25, 0.3) is 0 Å². The van der Waals surface area contributed by atoms with Gasteiger partial charge in [0.25, 0.3) is 0 Å². The lowest BCUT2D eigenvalue weighted by Crippen LogP contribution is -2.44. The average molecular weight is 385 g/mol. The lowest BCUT2D eigenvalue weighted by atomic mass is 10.0. The average Bonchev–Trinajstić information content (AvgIpc) is 2.69. The third-order valence-corrected chi connectivity index (χ3v) is 5.53. The van der Waals surface area contributed by atoms with Crippen LogP contribution in [0.2, 0.25) is 0 Å². The monoisotopic (exact) mass is 384 g/mol. The van der Waals surface area contributed by atoms with Crippen molar-refractivity contribution in [2.75, 3.05) is 6.61 Å². The molecule has 27 heavy (non-hydrogen) atoms. The molecule has 0 heterocycles. The highest BCUT2D eigenvalue weighted by Gasteiger charge is 2.08. The quantitative estimate of drug-likeness (QED) is 0.152. The summed E-state index contributed by atoms with van der Waals surface area (Å²) in [5.74, 6) is 0. The molecule has 0 aromatic heterocycles. The van der Waals surface area contributed by atoms with E-state index in [2.05, 4.69) is 26.1 Å². The number of hydrogen-bond donors (Lipinski definition) is 2. The zero-order valence-corrected chi connectivity index (χ0v) is 19.1. The molecular formula is C24H52N2O. The highest BCUT2D eigenvalue weighted by Crippen LogP contribution is 2.13. The standard InChI is InChI=1S/C24H52N2O/c1-4-7-8-9-10-11-12-13-14-15-16-17-18-19-20-21-22-27-24(6-3)26-23(25)5-2/h23-24,26H,4-22,25H2,1-3H3. The molecule has 0 amide bonds. The van der Waals surface area contributed by atoms with Crippen molar-refractivity contribution < 1.29 is 4.74 Å². The van der Waals surface area contributed by atoms with Crippen molar-refractivity contribution in [3.05, 3.63) is 0 Å². The molecule has 0 aliphatic rings. The number of rotatable bonds is 22. The number of hydrogen-bond acceptors (Lipinski definition) is 3. The SMILES string of the molecule is CCCCCCCCCCCCCCCCCCOC(CC)NC(N)CC. The van der Waals surface area contributed by atoms with Crippen LogP contribution in [0, 0.1) is 0 Å². The van der Waals surface area contributed by atoms with E-state index in [1.54, 1.807) is 0 Å². The molecular weight excluding hydrogens is 332 g/mol. The van der Waals surface area contributed by atoms with Crippen molar-refractivity contribution >= 4 is 0 Å². The zero-order chi connectivity index (χ0) is 20.0. The summed E-state index contributed by atoms with van der Waals surface area (Å²) in [7, 11) is 0. The molecule has 0 spiro atoms. The smallest absolute Gasteiger partial charge is 0.109 e. The van der Waals surface area contributed by atoms with Gasteiger partial charge in [-0.1, -0.05) is 117 Å². The molecule has 0 fully saturated rings. The van der Waals surface area contributed by atoms with Gasteiger partial charge in [-0.15, -0.1) is 0 Å². The molecule has 164 valence electrons. The number of nitrogens with one attached hydrogen (secondary N) is 1. The molecule has 0 saturated carbocycles. The Labute approximate surface area is 171 Å². The topological polar surface area (TPSA) is 47.3 Å². The van der Waals surface area contributed by atoms with E-state index in [4.69, 9.17) is 10.5 Å². The second-order valence-electron chi connectivity index (χ2n) is 8.25. The third kappa shape index (κ3) is 20.4. The Bertz CT molecular complexity index is 273. The molecule has 0 aliphatic carbocycles. The predicted octanol–water partition coefficient (Wildman–Crippen LogP) is 7.29. The fraction of sp³-hybridized carbons (Fsp3) is 1.00. The van der Waals surface area contributed by atoms with Crippen molar-refractivity contribution in [3.63, 3.8) is 0 Å². The second kappa shape index (κ2) is 22.2. The largest absolute Gasteiger partial charge is 0.363 e. The fourth-order valence-electron chi connectivity index (χ4n) is 3.52. The normalized spacial score (nSPS) is 13.8. The molecule has 2 atom stereocenters. The van der Waals surface area contributed by atoms with E-state index < -0.39 is 0 Å². The summed E-state index contributed by atoms with van der Waals surface area (Å²) in [6.45, 7) is 7.40. The highest BCUT2D eigenvalue weighted by atomic mass is 16.5. The van der Waals surface area contributed by atoms with Crippen molar-refractivity contribution in [3.8, 4) is 0 Å². The summed E-state index contributed by atoms with van der Waals surface area (Å²) in [6.07, 6.45) is 24.6. The van der Waals surface area contributed by atoms with Gasteiger partial charge in [-0.25, -0.2) is 0 Å². The Balaban J connectivity index is 3.18. The number of nitrogens with two attached hydrogens (primary N) is 1. The van der Waals surface area contributed by atoms with Crippen LogP contribution in [0.4, 0.5) is 0 Å². The fourth-order valence-corrected chi connectivity index (χ4v) is 3.52. The summed E-state index contributed by atoms with van der Waals surface area (Å²) >= 11 is 0. The van der Waals surface area contributed by atoms with Gasteiger partial charge in [0.2, 0.25) is 0 Å². The van der Waals surface area contributed by atoms with Gasteiger partial charge in [-0.2, -0.15) is 0 Å². The molecule has 3 N–H and O–H groups in total. The Morgan fingerprint density at radius 2 is 1.00 bits per heavy atom. The minimum Gasteiger partial charge on any atom is -0.363 e. The molecule has 0 aromatic carbocycles.